The van der Waals surface area contributed by atoms with Gasteiger partial charge in [-0.3, -0.25) is 0 Å². The average molecular weight is 264 g/mol. The molecule has 18 heavy (non-hydrogen) atoms. The van der Waals surface area contributed by atoms with E-state index in [0.29, 0.717) is 0 Å². The largest absolute Gasteiger partial charge is 0.328 e. The molecule has 0 radical (unpaired) electrons. The standard InChI is InChI=1S/C13H20N4S/c1-3-17-12-11(9(2)15-17)14-13(18)16(12)8-4-5-10-6-7-10/h10H,3-8H2,1-2H3,(H,14,18). The number of aromatic amines is 1. The number of aromatic nitrogens is 4. The summed E-state index contributed by atoms with van der Waals surface area (Å²) in [5, 5.41) is 4.54. The third-order valence-electron chi connectivity index (χ3n) is 3.82. The van der Waals surface area contributed by atoms with Crippen molar-refractivity contribution in [3.05, 3.63) is 10.5 Å². The monoisotopic (exact) mass is 264 g/mol. The zero-order chi connectivity index (χ0) is 12.7. The summed E-state index contributed by atoms with van der Waals surface area (Å²) in [6.45, 7) is 6.06. The van der Waals surface area contributed by atoms with Crippen molar-refractivity contribution < 1.29 is 0 Å². The van der Waals surface area contributed by atoms with Gasteiger partial charge in [-0.2, -0.15) is 5.10 Å². The Morgan fingerprint density at radius 1 is 1.44 bits per heavy atom. The van der Waals surface area contributed by atoms with Crippen LogP contribution in [-0.2, 0) is 13.1 Å². The minimum atomic E-state index is 0.837. The summed E-state index contributed by atoms with van der Waals surface area (Å²) < 4.78 is 5.11. The number of nitrogens with one attached hydrogen (secondary N) is 1. The van der Waals surface area contributed by atoms with Crippen molar-refractivity contribution in [2.45, 2.75) is 52.6 Å². The molecule has 0 aliphatic heterocycles. The predicted octanol–water partition coefficient (Wildman–Crippen LogP) is 3.41. The summed E-state index contributed by atoms with van der Waals surface area (Å²) in [7, 11) is 0. The normalized spacial score (nSPS) is 15.7. The van der Waals surface area contributed by atoms with E-state index in [0.717, 1.165) is 40.6 Å². The lowest BCUT2D eigenvalue weighted by molar-refractivity contribution is 0.563. The van der Waals surface area contributed by atoms with Crippen molar-refractivity contribution in [3.8, 4) is 0 Å². The van der Waals surface area contributed by atoms with Crippen LogP contribution in [0.1, 0.15) is 38.3 Å². The highest BCUT2D eigenvalue weighted by atomic mass is 32.1. The molecule has 0 unspecified atom stereocenters. The molecule has 98 valence electrons. The molecule has 4 nitrogen and oxygen atoms in total. The fourth-order valence-corrected chi connectivity index (χ4v) is 2.91. The van der Waals surface area contributed by atoms with Gasteiger partial charge >= 0.3 is 0 Å². The number of nitrogens with zero attached hydrogens (tertiary/aromatic N) is 3. The number of rotatable bonds is 5. The van der Waals surface area contributed by atoms with Crippen molar-refractivity contribution >= 4 is 23.4 Å². The van der Waals surface area contributed by atoms with Crippen molar-refractivity contribution in [1.29, 1.82) is 0 Å². The van der Waals surface area contributed by atoms with Gasteiger partial charge in [-0.15, -0.1) is 0 Å². The van der Waals surface area contributed by atoms with Gasteiger partial charge in [0.2, 0.25) is 0 Å². The van der Waals surface area contributed by atoms with Gasteiger partial charge in [-0.25, -0.2) is 4.68 Å². The Morgan fingerprint density at radius 3 is 2.89 bits per heavy atom. The quantitative estimate of drug-likeness (QED) is 0.840. The molecule has 5 heteroatoms. The first-order valence-corrected chi connectivity index (χ1v) is 7.27. The zero-order valence-corrected chi connectivity index (χ0v) is 11.9. The average Bonchev–Trinajstić information content (AvgIpc) is 3.05. The van der Waals surface area contributed by atoms with E-state index in [9.17, 15) is 0 Å². The number of fused-ring (bicyclic) bond motifs is 1. The number of hydrogen-bond acceptors (Lipinski definition) is 2. The molecule has 0 aromatic carbocycles. The maximum Gasteiger partial charge on any atom is 0.179 e. The molecule has 1 N–H and O–H groups in total. The van der Waals surface area contributed by atoms with E-state index in [2.05, 4.69) is 21.6 Å². The summed E-state index contributed by atoms with van der Waals surface area (Å²) in [4.78, 5) is 3.30. The molecule has 0 saturated heterocycles. The zero-order valence-electron chi connectivity index (χ0n) is 11.1. The molecule has 1 aliphatic carbocycles. The van der Waals surface area contributed by atoms with Gasteiger partial charge < -0.3 is 9.55 Å². The van der Waals surface area contributed by atoms with Crippen molar-refractivity contribution in [3.63, 3.8) is 0 Å². The van der Waals surface area contributed by atoms with Crippen molar-refractivity contribution in [1.82, 2.24) is 19.3 Å². The van der Waals surface area contributed by atoms with Gasteiger partial charge in [0.1, 0.15) is 5.52 Å². The molecule has 2 aromatic heterocycles. The van der Waals surface area contributed by atoms with Gasteiger partial charge in [0, 0.05) is 13.1 Å². The fourth-order valence-electron chi connectivity index (χ4n) is 2.63. The smallest absolute Gasteiger partial charge is 0.179 e. The van der Waals surface area contributed by atoms with E-state index in [1.54, 1.807) is 0 Å². The van der Waals surface area contributed by atoms with Crippen LogP contribution in [0.2, 0.25) is 0 Å². The molecule has 0 bridgehead atoms. The van der Waals surface area contributed by atoms with Gasteiger partial charge in [-0.1, -0.05) is 12.8 Å². The Labute approximate surface area is 112 Å². The summed E-state index contributed by atoms with van der Waals surface area (Å²) in [5.41, 5.74) is 3.31. The minimum absolute atomic E-state index is 0.837. The Morgan fingerprint density at radius 2 is 2.22 bits per heavy atom. The number of hydrogen-bond donors (Lipinski definition) is 1. The van der Waals surface area contributed by atoms with E-state index in [-0.39, 0.29) is 0 Å². The number of imidazole rings is 1. The molecule has 1 fully saturated rings. The lowest BCUT2D eigenvalue weighted by atomic mass is 10.2. The van der Waals surface area contributed by atoms with Crippen LogP contribution >= 0.6 is 12.2 Å². The van der Waals surface area contributed by atoms with Crippen LogP contribution in [0.5, 0.6) is 0 Å². The lowest BCUT2D eigenvalue weighted by Crippen LogP contribution is -2.05. The van der Waals surface area contributed by atoms with Crippen LogP contribution in [0, 0.1) is 17.6 Å². The first-order chi connectivity index (χ1) is 8.70. The highest BCUT2D eigenvalue weighted by Gasteiger charge is 2.21. The van der Waals surface area contributed by atoms with E-state index in [1.165, 1.54) is 25.7 Å². The third-order valence-corrected chi connectivity index (χ3v) is 4.15. The van der Waals surface area contributed by atoms with Gasteiger partial charge in [0.05, 0.1) is 5.69 Å². The van der Waals surface area contributed by atoms with Crippen LogP contribution in [0.15, 0.2) is 0 Å². The molecule has 2 heterocycles. The number of H-pyrrole nitrogens is 1. The van der Waals surface area contributed by atoms with Gasteiger partial charge in [0.25, 0.3) is 0 Å². The van der Waals surface area contributed by atoms with Crippen LogP contribution in [0.25, 0.3) is 11.2 Å². The summed E-state index contributed by atoms with van der Waals surface area (Å²) in [6.07, 6.45) is 5.42. The summed E-state index contributed by atoms with van der Waals surface area (Å²) in [6, 6.07) is 0. The maximum absolute atomic E-state index is 5.43. The van der Waals surface area contributed by atoms with Crippen LogP contribution in [-0.4, -0.2) is 19.3 Å². The SMILES string of the molecule is CCn1nc(C)c2[nH]c(=S)n(CCCC3CC3)c21. The molecule has 1 aliphatic rings. The van der Waals surface area contributed by atoms with Crippen LogP contribution in [0.4, 0.5) is 0 Å². The maximum atomic E-state index is 5.43. The highest BCUT2D eigenvalue weighted by molar-refractivity contribution is 7.71. The Balaban J connectivity index is 1.92. The summed E-state index contributed by atoms with van der Waals surface area (Å²) >= 11 is 5.43. The van der Waals surface area contributed by atoms with Crippen molar-refractivity contribution in [2.75, 3.05) is 0 Å². The molecule has 0 spiro atoms. The lowest BCUT2D eigenvalue weighted by Gasteiger charge is -2.05. The van der Waals surface area contributed by atoms with Gasteiger partial charge in [0.15, 0.2) is 10.4 Å². The molecule has 2 aromatic rings. The minimum Gasteiger partial charge on any atom is -0.328 e. The Hall–Kier alpha value is -1.10. The second-order valence-corrected chi connectivity index (χ2v) is 5.65. The predicted molar refractivity (Wildman–Crippen MR) is 75.3 cm³/mol. The van der Waals surface area contributed by atoms with Crippen molar-refractivity contribution in [2.24, 2.45) is 5.92 Å². The molecule has 0 amide bonds. The molecular weight excluding hydrogens is 244 g/mol. The fraction of sp³-hybridized carbons (Fsp3) is 0.692. The number of aryl methyl sites for hydroxylation is 3. The molecule has 0 atom stereocenters. The molecule has 3 rings (SSSR count). The van der Waals surface area contributed by atoms with E-state index in [4.69, 9.17) is 12.2 Å². The van der Waals surface area contributed by atoms with E-state index < -0.39 is 0 Å². The van der Waals surface area contributed by atoms with E-state index >= 15 is 0 Å². The first-order valence-electron chi connectivity index (χ1n) is 6.86. The van der Waals surface area contributed by atoms with Gasteiger partial charge in [-0.05, 0) is 44.8 Å². The Kier molecular flexibility index (Phi) is 3.01. The van der Waals surface area contributed by atoms with Crippen LogP contribution < -0.4 is 0 Å². The summed E-state index contributed by atoms with van der Waals surface area (Å²) in [5.74, 6) is 0.992. The van der Waals surface area contributed by atoms with Crippen LogP contribution in [0.3, 0.4) is 0 Å². The second kappa shape index (κ2) is 4.53. The topological polar surface area (TPSA) is 38.5 Å². The third kappa shape index (κ3) is 2.00. The Bertz CT molecular complexity index is 615. The first kappa shape index (κ1) is 12.0. The molecular formula is C13H20N4S. The molecule has 1 saturated carbocycles. The van der Waals surface area contributed by atoms with E-state index in [1.807, 2.05) is 11.6 Å². The highest BCUT2D eigenvalue weighted by Crippen LogP contribution is 2.33. The second-order valence-electron chi connectivity index (χ2n) is 5.27.